The number of benzene rings is 2. The van der Waals surface area contributed by atoms with Gasteiger partial charge in [-0.05, 0) is 35.9 Å². The van der Waals surface area contributed by atoms with Crippen LogP contribution in [0.4, 0.5) is 0 Å². The molecule has 0 unspecified atom stereocenters. The zero-order chi connectivity index (χ0) is 15.2. The van der Waals surface area contributed by atoms with E-state index in [4.69, 9.17) is 14.6 Å². The summed E-state index contributed by atoms with van der Waals surface area (Å²) in [6.45, 7) is 0. The van der Waals surface area contributed by atoms with Crippen molar-refractivity contribution in [2.45, 2.75) is 0 Å². The number of ether oxygens (including phenoxy) is 2. The predicted molar refractivity (Wildman–Crippen MR) is 83.9 cm³/mol. The van der Waals surface area contributed by atoms with Crippen LogP contribution in [0.25, 0.3) is 6.08 Å². The van der Waals surface area contributed by atoms with E-state index in [1.165, 1.54) is 6.08 Å². The van der Waals surface area contributed by atoms with E-state index < -0.39 is 5.97 Å². The van der Waals surface area contributed by atoms with Crippen LogP contribution >= 0.6 is 15.9 Å². The van der Waals surface area contributed by atoms with Crippen LogP contribution in [0.15, 0.2) is 53.0 Å². The minimum atomic E-state index is -0.990. The van der Waals surface area contributed by atoms with E-state index >= 15 is 0 Å². The number of carboxylic acids is 1. The molecule has 0 saturated carbocycles. The average Bonchev–Trinajstić information content (AvgIpc) is 2.47. The second kappa shape index (κ2) is 6.95. The molecule has 1 N–H and O–H groups in total. The molecule has 0 aliphatic carbocycles. The van der Waals surface area contributed by atoms with E-state index in [-0.39, 0.29) is 0 Å². The number of rotatable bonds is 5. The molecule has 0 spiro atoms. The Bertz CT molecular complexity index is 680. The van der Waals surface area contributed by atoms with Crippen molar-refractivity contribution in [1.82, 2.24) is 0 Å². The fourth-order valence-corrected chi connectivity index (χ4v) is 2.19. The summed E-state index contributed by atoms with van der Waals surface area (Å²) < 4.78 is 11.7. The van der Waals surface area contributed by atoms with Crippen molar-refractivity contribution in [3.63, 3.8) is 0 Å². The number of carbonyl (C=O) groups is 1. The summed E-state index contributed by atoms with van der Waals surface area (Å²) in [5.41, 5.74) is 0.754. The van der Waals surface area contributed by atoms with Crippen molar-refractivity contribution in [3.8, 4) is 17.2 Å². The van der Waals surface area contributed by atoms with E-state index in [9.17, 15) is 4.79 Å². The van der Waals surface area contributed by atoms with Gasteiger partial charge in [0.1, 0.15) is 5.75 Å². The number of para-hydroxylation sites is 2. The highest BCUT2D eigenvalue weighted by molar-refractivity contribution is 9.10. The predicted octanol–water partition coefficient (Wildman–Crippen LogP) is 4.35. The summed E-state index contributed by atoms with van der Waals surface area (Å²) in [7, 11) is 1.58. The standard InChI is InChI=1S/C16H13BrO4/c1-20-14-4-2-3-5-15(14)21-12-8-6-11(13(17)10-12)7-9-16(18)19/h2-10H,1H3,(H,18,19)/b9-7+. The van der Waals surface area contributed by atoms with Gasteiger partial charge in [-0.2, -0.15) is 0 Å². The summed E-state index contributed by atoms with van der Waals surface area (Å²) in [4.78, 5) is 10.5. The van der Waals surface area contributed by atoms with Crippen LogP contribution in [-0.4, -0.2) is 18.2 Å². The maximum absolute atomic E-state index is 10.5. The highest BCUT2D eigenvalue weighted by Crippen LogP contribution is 2.33. The molecule has 0 aliphatic heterocycles. The van der Waals surface area contributed by atoms with Crippen molar-refractivity contribution in [2.24, 2.45) is 0 Å². The number of hydrogen-bond acceptors (Lipinski definition) is 3. The molecule has 2 rings (SSSR count). The largest absolute Gasteiger partial charge is 0.493 e. The summed E-state index contributed by atoms with van der Waals surface area (Å²) >= 11 is 3.39. The molecule has 0 amide bonds. The molecule has 2 aromatic carbocycles. The first-order valence-corrected chi connectivity index (χ1v) is 6.91. The van der Waals surface area contributed by atoms with Gasteiger partial charge in [-0.15, -0.1) is 0 Å². The number of carboxylic acid groups (broad SMARTS) is 1. The lowest BCUT2D eigenvalue weighted by molar-refractivity contribution is -0.131. The van der Waals surface area contributed by atoms with E-state index in [0.717, 1.165) is 16.1 Å². The molecule has 0 radical (unpaired) electrons. The van der Waals surface area contributed by atoms with Gasteiger partial charge in [0, 0.05) is 10.5 Å². The zero-order valence-electron chi connectivity index (χ0n) is 11.2. The molecule has 0 bridgehead atoms. The molecular formula is C16H13BrO4. The number of halogens is 1. The van der Waals surface area contributed by atoms with Gasteiger partial charge in [0.25, 0.3) is 0 Å². The zero-order valence-corrected chi connectivity index (χ0v) is 12.8. The minimum Gasteiger partial charge on any atom is -0.493 e. The third kappa shape index (κ3) is 4.10. The lowest BCUT2D eigenvalue weighted by Crippen LogP contribution is -1.90. The smallest absolute Gasteiger partial charge is 0.328 e. The van der Waals surface area contributed by atoms with Gasteiger partial charge in [0.05, 0.1) is 7.11 Å². The van der Waals surface area contributed by atoms with Crippen LogP contribution in [0.5, 0.6) is 17.2 Å². The maximum atomic E-state index is 10.5. The SMILES string of the molecule is COc1ccccc1Oc1ccc(/C=C/C(=O)O)c(Br)c1. The molecule has 2 aromatic rings. The Kier molecular flexibility index (Phi) is 5.00. The summed E-state index contributed by atoms with van der Waals surface area (Å²) in [6.07, 6.45) is 2.60. The molecular weight excluding hydrogens is 336 g/mol. The Balaban J connectivity index is 2.22. The van der Waals surface area contributed by atoms with Crippen molar-refractivity contribution < 1.29 is 19.4 Å². The lowest BCUT2D eigenvalue weighted by Gasteiger charge is -2.10. The fraction of sp³-hybridized carbons (Fsp3) is 0.0625. The lowest BCUT2D eigenvalue weighted by atomic mass is 10.2. The first kappa shape index (κ1) is 15.1. The van der Waals surface area contributed by atoms with Gasteiger partial charge in [-0.3, -0.25) is 0 Å². The van der Waals surface area contributed by atoms with Gasteiger partial charge in [-0.1, -0.05) is 34.1 Å². The normalized spacial score (nSPS) is 10.6. The highest BCUT2D eigenvalue weighted by Gasteiger charge is 2.06. The molecule has 4 nitrogen and oxygen atoms in total. The first-order valence-electron chi connectivity index (χ1n) is 6.11. The molecule has 0 aliphatic rings. The highest BCUT2D eigenvalue weighted by atomic mass is 79.9. The van der Waals surface area contributed by atoms with Crippen molar-refractivity contribution >= 4 is 28.0 Å². The Labute approximate surface area is 130 Å². The molecule has 0 saturated heterocycles. The van der Waals surface area contributed by atoms with Gasteiger partial charge < -0.3 is 14.6 Å². The van der Waals surface area contributed by atoms with Crippen LogP contribution in [0.1, 0.15) is 5.56 Å². The molecule has 108 valence electrons. The quantitative estimate of drug-likeness (QED) is 0.816. The fourth-order valence-electron chi connectivity index (χ4n) is 1.70. The van der Waals surface area contributed by atoms with E-state index in [1.54, 1.807) is 25.3 Å². The van der Waals surface area contributed by atoms with Crippen LogP contribution in [0, 0.1) is 0 Å². The van der Waals surface area contributed by atoms with Gasteiger partial charge >= 0.3 is 5.97 Å². The molecule has 21 heavy (non-hydrogen) atoms. The van der Waals surface area contributed by atoms with Crippen molar-refractivity contribution in [2.75, 3.05) is 7.11 Å². The van der Waals surface area contributed by atoms with Gasteiger partial charge in [0.15, 0.2) is 11.5 Å². The summed E-state index contributed by atoms with van der Waals surface area (Å²) in [6, 6.07) is 12.7. The Morgan fingerprint density at radius 1 is 1.19 bits per heavy atom. The summed E-state index contributed by atoms with van der Waals surface area (Å²) in [5, 5.41) is 8.63. The van der Waals surface area contributed by atoms with E-state index in [0.29, 0.717) is 17.2 Å². The van der Waals surface area contributed by atoms with E-state index in [2.05, 4.69) is 15.9 Å². The maximum Gasteiger partial charge on any atom is 0.328 e. The van der Waals surface area contributed by atoms with Crippen LogP contribution < -0.4 is 9.47 Å². The number of hydrogen-bond donors (Lipinski definition) is 1. The molecule has 0 aromatic heterocycles. The van der Waals surface area contributed by atoms with E-state index in [1.807, 2.05) is 24.3 Å². The molecule has 0 atom stereocenters. The minimum absolute atomic E-state index is 0.612. The van der Waals surface area contributed by atoms with Crippen molar-refractivity contribution in [1.29, 1.82) is 0 Å². The topological polar surface area (TPSA) is 55.8 Å². The van der Waals surface area contributed by atoms with Crippen molar-refractivity contribution in [3.05, 3.63) is 58.6 Å². The number of aliphatic carboxylic acids is 1. The molecule has 5 heteroatoms. The molecule has 0 heterocycles. The Morgan fingerprint density at radius 3 is 2.52 bits per heavy atom. The first-order chi connectivity index (χ1) is 10.1. The van der Waals surface area contributed by atoms with Crippen LogP contribution in [0.2, 0.25) is 0 Å². The Morgan fingerprint density at radius 2 is 1.90 bits per heavy atom. The van der Waals surface area contributed by atoms with Crippen LogP contribution in [-0.2, 0) is 4.79 Å². The van der Waals surface area contributed by atoms with Crippen LogP contribution in [0.3, 0.4) is 0 Å². The monoisotopic (exact) mass is 348 g/mol. The van der Waals surface area contributed by atoms with Gasteiger partial charge in [0.2, 0.25) is 0 Å². The summed E-state index contributed by atoms with van der Waals surface area (Å²) in [5.74, 6) is 0.888. The Hall–Kier alpha value is -2.27. The number of methoxy groups -OCH3 is 1. The second-order valence-corrected chi connectivity index (χ2v) is 4.96. The van der Waals surface area contributed by atoms with Gasteiger partial charge in [-0.25, -0.2) is 4.79 Å². The average molecular weight is 349 g/mol. The second-order valence-electron chi connectivity index (χ2n) is 4.11. The third-order valence-corrected chi connectivity index (χ3v) is 3.36. The third-order valence-electron chi connectivity index (χ3n) is 2.67. The molecule has 0 fully saturated rings.